The van der Waals surface area contributed by atoms with Crippen LogP contribution in [0.15, 0.2) is 24.3 Å². The number of amides is 2. The number of carbonyl (C=O) groups excluding carboxylic acids is 2. The molecule has 0 bridgehead atoms. The molecule has 1 saturated heterocycles. The number of benzene rings is 1. The van der Waals surface area contributed by atoms with Gasteiger partial charge in [-0.3, -0.25) is 9.59 Å². The van der Waals surface area contributed by atoms with E-state index in [2.05, 4.69) is 5.32 Å². The molecule has 1 aromatic rings. The van der Waals surface area contributed by atoms with Crippen LogP contribution >= 0.6 is 0 Å². The molecule has 108 valence electrons. The second kappa shape index (κ2) is 6.52. The molecule has 2 rings (SSSR count). The van der Waals surface area contributed by atoms with Crippen LogP contribution in [0.1, 0.15) is 28.8 Å². The fourth-order valence-corrected chi connectivity index (χ4v) is 2.34. The number of aliphatic hydroxyl groups is 1. The van der Waals surface area contributed by atoms with E-state index in [1.807, 2.05) is 19.1 Å². The fourth-order valence-electron chi connectivity index (χ4n) is 2.34. The third-order valence-corrected chi connectivity index (χ3v) is 3.43. The van der Waals surface area contributed by atoms with E-state index in [4.69, 9.17) is 0 Å². The molecule has 1 aliphatic rings. The first kappa shape index (κ1) is 14.5. The van der Waals surface area contributed by atoms with Crippen molar-refractivity contribution in [3.05, 3.63) is 35.4 Å². The minimum Gasteiger partial charge on any atom is -0.391 e. The molecule has 2 amide bonds. The van der Waals surface area contributed by atoms with Crippen molar-refractivity contribution in [2.45, 2.75) is 25.9 Å². The van der Waals surface area contributed by atoms with Crippen molar-refractivity contribution in [3.63, 3.8) is 0 Å². The van der Waals surface area contributed by atoms with E-state index >= 15 is 0 Å². The van der Waals surface area contributed by atoms with Gasteiger partial charge >= 0.3 is 0 Å². The second-order valence-corrected chi connectivity index (χ2v) is 5.19. The van der Waals surface area contributed by atoms with Crippen molar-refractivity contribution < 1.29 is 14.7 Å². The van der Waals surface area contributed by atoms with Gasteiger partial charge in [0.1, 0.15) is 0 Å². The van der Waals surface area contributed by atoms with Gasteiger partial charge in [0.15, 0.2) is 0 Å². The first-order valence-corrected chi connectivity index (χ1v) is 6.87. The van der Waals surface area contributed by atoms with Gasteiger partial charge in [-0.25, -0.2) is 0 Å². The van der Waals surface area contributed by atoms with Crippen molar-refractivity contribution in [1.29, 1.82) is 0 Å². The Labute approximate surface area is 118 Å². The molecule has 1 aromatic carbocycles. The number of aryl methyl sites for hydroxylation is 1. The number of nitrogens with zero attached hydrogens (tertiary/aromatic N) is 1. The molecule has 0 aromatic heterocycles. The molecule has 0 radical (unpaired) electrons. The molecular formula is C15H20N2O3. The van der Waals surface area contributed by atoms with E-state index in [0.29, 0.717) is 18.7 Å². The summed E-state index contributed by atoms with van der Waals surface area (Å²) in [6, 6.07) is 7.23. The Morgan fingerprint density at radius 1 is 1.45 bits per heavy atom. The number of hydrogen-bond acceptors (Lipinski definition) is 3. The van der Waals surface area contributed by atoms with Gasteiger partial charge in [-0.2, -0.15) is 0 Å². The summed E-state index contributed by atoms with van der Waals surface area (Å²) >= 11 is 0. The van der Waals surface area contributed by atoms with Crippen LogP contribution < -0.4 is 5.32 Å². The molecular weight excluding hydrogens is 256 g/mol. The number of nitrogens with one attached hydrogen (secondary N) is 1. The molecule has 1 aliphatic heterocycles. The van der Waals surface area contributed by atoms with Gasteiger partial charge in [-0.1, -0.05) is 17.7 Å². The first-order chi connectivity index (χ1) is 9.56. The maximum Gasteiger partial charge on any atom is 0.251 e. The number of piperidine rings is 1. The summed E-state index contributed by atoms with van der Waals surface area (Å²) in [5.74, 6) is -0.399. The van der Waals surface area contributed by atoms with Crippen LogP contribution in [0.5, 0.6) is 0 Å². The molecule has 1 heterocycles. The van der Waals surface area contributed by atoms with Crippen molar-refractivity contribution in [1.82, 2.24) is 10.2 Å². The third-order valence-electron chi connectivity index (χ3n) is 3.43. The molecule has 1 atom stereocenters. The smallest absolute Gasteiger partial charge is 0.251 e. The molecule has 20 heavy (non-hydrogen) atoms. The lowest BCUT2D eigenvalue weighted by atomic mass is 10.1. The minimum absolute atomic E-state index is 0.0283. The zero-order valence-corrected chi connectivity index (χ0v) is 11.6. The third kappa shape index (κ3) is 3.81. The summed E-state index contributed by atoms with van der Waals surface area (Å²) < 4.78 is 0. The maximum atomic E-state index is 11.9. The number of rotatable bonds is 3. The normalized spacial score (nSPS) is 18.7. The predicted octanol–water partition coefficient (Wildman–Crippen LogP) is 0.708. The average Bonchev–Trinajstić information content (AvgIpc) is 2.44. The Kier molecular flexibility index (Phi) is 4.74. The summed E-state index contributed by atoms with van der Waals surface area (Å²) in [5.41, 5.74) is 1.56. The van der Waals surface area contributed by atoms with Crippen molar-refractivity contribution >= 4 is 11.8 Å². The Hall–Kier alpha value is -1.88. The molecule has 2 N–H and O–H groups in total. The van der Waals surface area contributed by atoms with E-state index < -0.39 is 6.10 Å². The predicted molar refractivity (Wildman–Crippen MR) is 75.3 cm³/mol. The van der Waals surface area contributed by atoms with Crippen LogP contribution in [0.2, 0.25) is 0 Å². The Morgan fingerprint density at radius 2 is 2.25 bits per heavy atom. The fraction of sp³-hybridized carbons (Fsp3) is 0.467. The molecule has 0 aliphatic carbocycles. The lowest BCUT2D eigenvalue weighted by Crippen LogP contribution is -2.46. The highest BCUT2D eigenvalue weighted by atomic mass is 16.3. The van der Waals surface area contributed by atoms with Crippen molar-refractivity contribution in [2.24, 2.45) is 0 Å². The SMILES string of the molecule is Cc1cccc(C(=O)NCC(=O)N2CCC[C@H](O)C2)c1. The van der Waals surface area contributed by atoms with E-state index in [-0.39, 0.29) is 18.4 Å². The van der Waals surface area contributed by atoms with Crippen LogP contribution in [-0.4, -0.2) is 47.6 Å². The van der Waals surface area contributed by atoms with E-state index in [1.165, 1.54) is 0 Å². The molecule has 0 saturated carbocycles. The molecule has 0 spiro atoms. The summed E-state index contributed by atoms with van der Waals surface area (Å²) in [6.07, 6.45) is 1.10. The summed E-state index contributed by atoms with van der Waals surface area (Å²) in [7, 11) is 0. The van der Waals surface area contributed by atoms with Gasteiger partial charge in [0.2, 0.25) is 5.91 Å². The van der Waals surface area contributed by atoms with Crippen LogP contribution in [-0.2, 0) is 4.79 Å². The summed E-state index contributed by atoms with van der Waals surface area (Å²) in [5, 5.41) is 12.2. The highest BCUT2D eigenvalue weighted by Gasteiger charge is 2.22. The van der Waals surface area contributed by atoms with Gasteiger partial charge in [0.05, 0.1) is 12.6 Å². The Bertz CT molecular complexity index is 502. The highest BCUT2D eigenvalue weighted by Crippen LogP contribution is 2.09. The minimum atomic E-state index is -0.444. The van der Waals surface area contributed by atoms with Gasteiger partial charge in [-0.15, -0.1) is 0 Å². The molecule has 5 nitrogen and oxygen atoms in total. The number of carbonyl (C=O) groups is 2. The molecule has 5 heteroatoms. The molecule has 1 fully saturated rings. The van der Waals surface area contributed by atoms with E-state index in [9.17, 15) is 14.7 Å². The number of likely N-dealkylation sites (tertiary alicyclic amines) is 1. The quantitative estimate of drug-likeness (QED) is 0.854. The highest BCUT2D eigenvalue weighted by molar-refractivity contribution is 5.96. The van der Waals surface area contributed by atoms with Crippen LogP contribution in [0.3, 0.4) is 0 Å². The van der Waals surface area contributed by atoms with Gasteiger partial charge in [0.25, 0.3) is 5.91 Å². The van der Waals surface area contributed by atoms with Gasteiger partial charge < -0.3 is 15.3 Å². The van der Waals surface area contributed by atoms with Crippen molar-refractivity contribution in [3.8, 4) is 0 Å². The monoisotopic (exact) mass is 276 g/mol. The topological polar surface area (TPSA) is 69.6 Å². The number of aliphatic hydroxyl groups excluding tert-OH is 1. The van der Waals surface area contributed by atoms with E-state index in [1.54, 1.807) is 17.0 Å². The number of β-amino-alcohol motifs (C(OH)–C–C–N with tert-alkyl or cyclic N) is 1. The zero-order chi connectivity index (χ0) is 14.5. The second-order valence-electron chi connectivity index (χ2n) is 5.19. The molecule has 0 unspecified atom stereocenters. The Morgan fingerprint density at radius 3 is 2.95 bits per heavy atom. The van der Waals surface area contributed by atoms with Gasteiger partial charge in [-0.05, 0) is 31.9 Å². The first-order valence-electron chi connectivity index (χ1n) is 6.87. The van der Waals surface area contributed by atoms with Gasteiger partial charge in [0, 0.05) is 18.7 Å². The average molecular weight is 276 g/mol. The lowest BCUT2D eigenvalue weighted by Gasteiger charge is -2.30. The standard InChI is InChI=1S/C15H20N2O3/c1-11-4-2-5-12(8-11)15(20)16-9-14(19)17-7-3-6-13(18)10-17/h2,4-5,8,13,18H,3,6-7,9-10H2,1H3,(H,16,20)/t13-/m0/s1. The largest absolute Gasteiger partial charge is 0.391 e. The Balaban J connectivity index is 1.85. The zero-order valence-electron chi connectivity index (χ0n) is 11.6. The van der Waals surface area contributed by atoms with Crippen LogP contribution in [0.4, 0.5) is 0 Å². The lowest BCUT2D eigenvalue weighted by molar-refractivity contribution is -0.133. The van der Waals surface area contributed by atoms with Crippen LogP contribution in [0, 0.1) is 6.92 Å². The number of hydrogen-bond donors (Lipinski definition) is 2. The maximum absolute atomic E-state index is 11.9. The summed E-state index contributed by atoms with van der Waals surface area (Å²) in [4.78, 5) is 25.5. The van der Waals surface area contributed by atoms with E-state index in [0.717, 1.165) is 18.4 Å². The summed E-state index contributed by atoms with van der Waals surface area (Å²) in [6.45, 7) is 2.89. The van der Waals surface area contributed by atoms with Crippen LogP contribution in [0.25, 0.3) is 0 Å². The van der Waals surface area contributed by atoms with Crippen molar-refractivity contribution in [2.75, 3.05) is 19.6 Å².